The van der Waals surface area contributed by atoms with E-state index in [1.165, 1.54) is 12.8 Å². The maximum atomic E-state index is 5.25. The van der Waals surface area contributed by atoms with Gasteiger partial charge in [-0.05, 0) is 37.5 Å². The Morgan fingerprint density at radius 1 is 1.18 bits per heavy atom. The summed E-state index contributed by atoms with van der Waals surface area (Å²) >= 11 is 0. The van der Waals surface area contributed by atoms with E-state index in [4.69, 9.17) is 4.74 Å². The van der Waals surface area contributed by atoms with E-state index in [1.54, 1.807) is 7.11 Å². The lowest BCUT2D eigenvalue weighted by Crippen LogP contribution is -2.08. The minimum atomic E-state index is 0.609. The fourth-order valence-electron chi connectivity index (χ4n) is 2.36. The molecule has 0 radical (unpaired) electrons. The van der Waals surface area contributed by atoms with E-state index in [0.29, 0.717) is 18.4 Å². The van der Waals surface area contributed by atoms with Crippen molar-refractivity contribution in [3.05, 3.63) is 41.6 Å². The van der Waals surface area contributed by atoms with Crippen molar-refractivity contribution < 1.29 is 4.74 Å². The number of nitrogens with zero attached hydrogens (tertiary/aromatic N) is 2. The van der Waals surface area contributed by atoms with Gasteiger partial charge < -0.3 is 15.4 Å². The third-order valence-corrected chi connectivity index (χ3v) is 3.68. The average molecular weight is 298 g/mol. The van der Waals surface area contributed by atoms with Crippen LogP contribution in [0, 0.1) is 0 Å². The Morgan fingerprint density at radius 3 is 2.77 bits per heavy atom. The molecule has 0 amide bonds. The molecule has 2 N–H and O–H groups in total. The lowest BCUT2D eigenvalue weighted by atomic mass is 10.2. The van der Waals surface area contributed by atoms with Gasteiger partial charge in [-0.1, -0.05) is 12.1 Å². The second kappa shape index (κ2) is 6.64. The fraction of sp³-hybridized carbons (Fsp3) is 0.412. The smallest absolute Gasteiger partial charge is 0.224 e. The van der Waals surface area contributed by atoms with Crippen LogP contribution in [0.2, 0.25) is 0 Å². The Labute approximate surface area is 131 Å². The van der Waals surface area contributed by atoms with Crippen LogP contribution in [0.15, 0.2) is 30.3 Å². The highest BCUT2D eigenvalue weighted by atomic mass is 16.5. The van der Waals surface area contributed by atoms with Gasteiger partial charge >= 0.3 is 0 Å². The third kappa shape index (κ3) is 3.67. The van der Waals surface area contributed by atoms with E-state index in [1.807, 2.05) is 18.2 Å². The predicted molar refractivity (Wildman–Crippen MR) is 88.5 cm³/mol. The second-order valence-corrected chi connectivity index (χ2v) is 5.51. The van der Waals surface area contributed by atoms with Crippen LogP contribution in [0.5, 0.6) is 5.75 Å². The van der Waals surface area contributed by atoms with Crippen molar-refractivity contribution in [2.24, 2.45) is 0 Å². The minimum absolute atomic E-state index is 0.609. The second-order valence-electron chi connectivity index (χ2n) is 5.51. The normalized spacial score (nSPS) is 13.7. The highest BCUT2D eigenvalue weighted by molar-refractivity contribution is 5.45. The zero-order valence-electron chi connectivity index (χ0n) is 13.1. The quantitative estimate of drug-likeness (QED) is 0.820. The Hall–Kier alpha value is -2.30. The van der Waals surface area contributed by atoms with Crippen LogP contribution in [0.4, 0.5) is 11.8 Å². The van der Waals surface area contributed by atoms with Crippen molar-refractivity contribution in [2.45, 2.75) is 32.2 Å². The molecule has 0 atom stereocenters. The summed E-state index contributed by atoms with van der Waals surface area (Å²) in [6.07, 6.45) is 2.47. The number of rotatable bonds is 7. The van der Waals surface area contributed by atoms with Crippen molar-refractivity contribution in [3.63, 3.8) is 0 Å². The van der Waals surface area contributed by atoms with Crippen molar-refractivity contribution >= 4 is 11.8 Å². The van der Waals surface area contributed by atoms with Gasteiger partial charge in [-0.3, -0.25) is 0 Å². The van der Waals surface area contributed by atoms with Crippen molar-refractivity contribution in [2.75, 3.05) is 24.3 Å². The van der Waals surface area contributed by atoms with Gasteiger partial charge in [0.25, 0.3) is 0 Å². The number of hydrogen-bond donors (Lipinski definition) is 2. The van der Waals surface area contributed by atoms with E-state index in [2.05, 4.69) is 39.7 Å². The van der Waals surface area contributed by atoms with Gasteiger partial charge in [-0.15, -0.1) is 0 Å². The molecule has 116 valence electrons. The molecule has 0 aliphatic heterocycles. The van der Waals surface area contributed by atoms with Gasteiger partial charge in [0.1, 0.15) is 11.6 Å². The Bertz CT molecular complexity index is 640. The zero-order valence-corrected chi connectivity index (χ0v) is 13.1. The molecule has 1 aliphatic carbocycles. The third-order valence-electron chi connectivity index (χ3n) is 3.68. The van der Waals surface area contributed by atoms with Crippen molar-refractivity contribution in [1.82, 2.24) is 9.97 Å². The summed E-state index contributed by atoms with van der Waals surface area (Å²) in [5.74, 6) is 3.06. The zero-order chi connectivity index (χ0) is 15.4. The van der Waals surface area contributed by atoms with E-state index in [9.17, 15) is 0 Å². The van der Waals surface area contributed by atoms with E-state index >= 15 is 0 Å². The molecule has 1 heterocycles. The molecule has 0 unspecified atom stereocenters. The average Bonchev–Trinajstić information content (AvgIpc) is 3.38. The first-order valence-corrected chi connectivity index (χ1v) is 7.78. The SMILES string of the molecule is CCNc1nc(NCc2cccc(OC)c2)cc(C2CC2)n1. The topological polar surface area (TPSA) is 59.1 Å². The summed E-state index contributed by atoms with van der Waals surface area (Å²) in [7, 11) is 1.68. The lowest BCUT2D eigenvalue weighted by Gasteiger charge is -2.11. The summed E-state index contributed by atoms with van der Waals surface area (Å²) in [5, 5.41) is 6.59. The minimum Gasteiger partial charge on any atom is -0.497 e. The molecule has 1 saturated carbocycles. The highest BCUT2D eigenvalue weighted by Gasteiger charge is 2.26. The monoisotopic (exact) mass is 298 g/mol. The number of aromatic nitrogens is 2. The Morgan fingerprint density at radius 2 is 2.05 bits per heavy atom. The fourth-order valence-corrected chi connectivity index (χ4v) is 2.36. The molecule has 5 heteroatoms. The molecule has 0 spiro atoms. The van der Waals surface area contributed by atoms with Crippen LogP contribution in [0.25, 0.3) is 0 Å². The molecule has 0 saturated heterocycles. The van der Waals surface area contributed by atoms with Crippen LogP contribution >= 0.6 is 0 Å². The first-order chi connectivity index (χ1) is 10.8. The van der Waals surface area contributed by atoms with Gasteiger partial charge in [0, 0.05) is 25.1 Å². The molecule has 1 aliphatic rings. The van der Waals surface area contributed by atoms with Crippen LogP contribution < -0.4 is 15.4 Å². The molecule has 22 heavy (non-hydrogen) atoms. The molecular weight excluding hydrogens is 276 g/mol. The molecule has 2 aromatic rings. The largest absolute Gasteiger partial charge is 0.497 e. The molecular formula is C17H22N4O. The van der Waals surface area contributed by atoms with Crippen LogP contribution in [-0.4, -0.2) is 23.6 Å². The maximum absolute atomic E-state index is 5.25. The molecule has 1 aromatic heterocycles. The molecule has 3 rings (SSSR count). The van der Waals surface area contributed by atoms with E-state index in [-0.39, 0.29) is 0 Å². The molecule has 0 bridgehead atoms. The molecule has 1 fully saturated rings. The Kier molecular flexibility index (Phi) is 4.42. The van der Waals surface area contributed by atoms with Gasteiger partial charge in [0.05, 0.1) is 12.8 Å². The summed E-state index contributed by atoms with van der Waals surface area (Å²) in [5.41, 5.74) is 2.30. The molecule has 5 nitrogen and oxygen atoms in total. The number of nitrogens with one attached hydrogen (secondary N) is 2. The number of methoxy groups -OCH3 is 1. The van der Waals surface area contributed by atoms with Gasteiger partial charge in [0.2, 0.25) is 5.95 Å². The standard InChI is InChI=1S/C17H22N4O/c1-3-18-17-20-15(13-7-8-13)10-16(21-17)19-11-12-5-4-6-14(9-12)22-2/h4-6,9-10,13H,3,7-8,11H2,1-2H3,(H2,18,19,20,21). The summed E-state index contributed by atoms with van der Waals surface area (Å²) in [4.78, 5) is 9.11. The summed E-state index contributed by atoms with van der Waals surface area (Å²) in [6, 6.07) is 10.1. The number of benzene rings is 1. The number of ether oxygens (including phenoxy) is 1. The van der Waals surface area contributed by atoms with Crippen LogP contribution in [0.1, 0.15) is 36.9 Å². The van der Waals surface area contributed by atoms with Crippen LogP contribution in [-0.2, 0) is 6.54 Å². The van der Waals surface area contributed by atoms with Gasteiger partial charge in [0.15, 0.2) is 0 Å². The van der Waals surface area contributed by atoms with Crippen LogP contribution in [0.3, 0.4) is 0 Å². The summed E-state index contributed by atoms with van der Waals surface area (Å²) < 4.78 is 5.25. The van der Waals surface area contributed by atoms with Gasteiger partial charge in [-0.2, -0.15) is 4.98 Å². The van der Waals surface area contributed by atoms with Crippen molar-refractivity contribution in [1.29, 1.82) is 0 Å². The first kappa shape index (κ1) is 14.6. The van der Waals surface area contributed by atoms with Gasteiger partial charge in [-0.25, -0.2) is 4.98 Å². The number of anilines is 2. The van der Waals surface area contributed by atoms with Crippen molar-refractivity contribution in [3.8, 4) is 5.75 Å². The predicted octanol–water partition coefficient (Wildman–Crippen LogP) is 3.41. The van der Waals surface area contributed by atoms with E-state index < -0.39 is 0 Å². The van der Waals surface area contributed by atoms with E-state index in [0.717, 1.165) is 29.4 Å². The lowest BCUT2D eigenvalue weighted by molar-refractivity contribution is 0.414. The first-order valence-electron chi connectivity index (χ1n) is 7.78. The molecule has 1 aromatic carbocycles. The highest BCUT2D eigenvalue weighted by Crippen LogP contribution is 2.39. The number of hydrogen-bond acceptors (Lipinski definition) is 5. The summed E-state index contributed by atoms with van der Waals surface area (Å²) in [6.45, 7) is 3.59. The maximum Gasteiger partial charge on any atom is 0.224 e. The Balaban J connectivity index is 1.73.